The molecule has 1 rings (SSSR count). The molecule has 0 fully saturated rings. The Morgan fingerprint density at radius 3 is 2.75 bits per heavy atom. The third kappa shape index (κ3) is 4.09. The van der Waals surface area contributed by atoms with Gasteiger partial charge in [-0.3, -0.25) is 0 Å². The van der Waals surface area contributed by atoms with Crippen LogP contribution in [0.1, 0.15) is 44.2 Å². The van der Waals surface area contributed by atoms with E-state index < -0.39 is 0 Å². The van der Waals surface area contributed by atoms with Crippen LogP contribution in [0.2, 0.25) is 0 Å². The lowest BCUT2D eigenvalue weighted by atomic mass is 9.99. The molecule has 16 heavy (non-hydrogen) atoms. The standard InChI is InChI=1S/C15H23N/c1-5-9-16-13(4)10-14-7-6-8-15(11-14)12(2)3/h6-8,11-12,16H,4-5,9-10H2,1-3H3. The molecule has 0 saturated carbocycles. The maximum absolute atomic E-state index is 4.05. The van der Waals surface area contributed by atoms with E-state index in [1.54, 1.807) is 0 Å². The van der Waals surface area contributed by atoms with Gasteiger partial charge in [0.2, 0.25) is 0 Å². The van der Waals surface area contributed by atoms with Crippen LogP contribution in [0.25, 0.3) is 0 Å². The summed E-state index contributed by atoms with van der Waals surface area (Å²) < 4.78 is 0. The molecule has 0 atom stereocenters. The van der Waals surface area contributed by atoms with Crippen LogP contribution in [0.15, 0.2) is 36.5 Å². The first-order chi connectivity index (χ1) is 7.63. The maximum Gasteiger partial charge on any atom is 0.0141 e. The van der Waals surface area contributed by atoms with Gasteiger partial charge in [-0.05, 0) is 23.5 Å². The molecule has 88 valence electrons. The lowest BCUT2D eigenvalue weighted by Crippen LogP contribution is -2.14. The summed E-state index contributed by atoms with van der Waals surface area (Å²) in [6.07, 6.45) is 2.08. The first kappa shape index (κ1) is 12.8. The van der Waals surface area contributed by atoms with Gasteiger partial charge in [0, 0.05) is 18.7 Å². The average Bonchev–Trinajstić information content (AvgIpc) is 2.26. The number of hydrogen-bond acceptors (Lipinski definition) is 1. The van der Waals surface area contributed by atoms with Gasteiger partial charge in [-0.25, -0.2) is 0 Å². The van der Waals surface area contributed by atoms with E-state index >= 15 is 0 Å². The maximum atomic E-state index is 4.05. The molecular weight excluding hydrogens is 194 g/mol. The number of benzene rings is 1. The summed E-state index contributed by atoms with van der Waals surface area (Å²) >= 11 is 0. The van der Waals surface area contributed by atoms with E-state index in [1.165, 1.54) is 11.1 Å². The molecule has 0 aromatic heterocycles. The van der Waals surface area contributed by atoms with Gasteiger partial charge in [-0.1, -0.05) is 51.6 Å². The van der Waals surface area contributed by atoms with E-state index in [0.717, 1.165) is 25.1 Å². The van der Waals surface area contributed by atoms with Crippen molar-refractivity contribution in [2.24, 2.45) is 0 Å². The van der Waals surface area contributed by atoms with Crippen LogP contribution in [0.3, 0.4) is 0 Å². The average molecular weight is 217 g/mol. The lowest BCUT2D eigenvalue weighted by Gasteiger charge is -2.11. The predicted octanol–water partition coefficient (Wildman–Crippen LogP) is 3.87. The Morgan fingerprint density at radius 2 is 2.12 bits per heavy atom. The fourth-order valence-electron chi connectivity index (χ4n) is 1.67. The van der Waals surface area contributed by atoms with Crippen molar-refractivity contribution in [1.29, 1.82) is 0 Å². The summed E-state index contributed by atoms with van der Waals surface area (Å²) in [5.74, 6) is 0.594. The van der Waals surface area contributed by atoms with Crippen LogP contribution >= 0.6 is 0 Å². The lowest BCUT2D eigenvalue weighted by molar-refractivity contribution is 0.751. The van der Waals surface area contributed by atoms with Crippen molar-refractivity contribution in [3.63, 3.8) is 0 Å². The van der Waals surface area contributed by atoms with Crippen molar-refractivity contribution in [2.45, 2.75) is 39.5 Å². The normalized spacial score (nSPS) is 10.5. The molecule has 1 N–H and O–H groups in total. The van der Waals surface area contributed by atoms with Crippen molar-refractivity contribution >= 4 is 0 Å². The molecule has 0 aliphatic heterocycles. The zero-order valence-electron chi connectivity index (χ0n) is 10.7. The quantitative estimate of drug-likeness (QED) is 0.763. The highest BCUT2D eigenvalue weighted by Crippen LogP contribution is 2.16. The van der Waals surface area contributed by atoms with Gasteiger partial charge in [0.15, 0.2) is 0 Å². The Morgan fingerprint density at radius 1 is 1.38 bits per heavy atom. The van der Waals surface area contributed by atoms with Crippen molar-refractivity contribution in [3.8, 4) is 0 Å². The van der Waals surface area contributed by atoms with Crippen molar-refractivity contribution in [3.05, 3.63) is 47.7 Å². The summed E-state index contributed by atoms with van der Waals surface area (Å²) in [7, 11) is 0. The van der Waals surface area contributed by atoms with E-state index in [0.29, 0.717) is 5.92 Å². The highest BCUT2D eigenvalue weighted by molar-refractivity contribution is 5.28. The van der Waals surface area contributed by atoms with E-state index in [2.05, 4.69) is 56.9 Å². The summed E-state index contributed by atoms with van der Waals surface area (Å²) in [5.41, 5.74) is 3.86. The summed E-state index contributed by atoms with van der Waals surface area (Å²) in [5, 5.41) is 3.34. The highest BCUT2D eigenvalue weighted by Gasteiger charge is 2.01. The van der Waals surface area contributed by atoms with Crippen LogP contribution in [0.5, 0.6) is 0 Å². The van der Waals surface area contributed by atoms with Crippen LogP contribution < -0.4 is 5.32 Å². The Bertz CT molecular complexity index is 339. The monoisotopic (exact) mass is 217 g/mol. The number of hydrogen-bond donors (Lipinski definition) is 1. The Hall–Kier alpha value is -1.24. The van der Waals surface area contributed by atoms with Crippen LogP contribution in [-0.4, -0.2) is 6.54 Å². The number of allylic oxidation sites excluding steroid dienone is 1. The van der Waals surface area contributed by atoms with Crippen LogP contribution in [-0.2, 0) is 6.42 Å². The van der Waals surface area contributed by atoms with E-state index in [-0.39, 0.29) is 0 Å². The second kappa shape index (κ2) is 6.37. The SMILES string of the molecule is C=C(Cc1cccc(C(C)C)c1)NCCC. The minimum absolute atomic E-state index is 0.594. The number of nitrogens with one attached hydrogen (secondary N) is 1. The number of rotatable bonds is 6. The highest BCUT2D eigenvalue weighted by atomic mass is 14.9. The molecule has 1 aromatic carbocycles. The first-order valence-corrected chi connectivity index (χ1v) is 6.14. The molecule has 1 aromatic rings. The molecule has 0 unspecified atom stereocenters. The van der Waals surface area contributed by atoms with Gasteiger partial charge in [-0.2, -0.15) is 0 Å². The van der Waals surface area contributed by atoms with Gasteiger partial charge in [0.05, 0.1) is 0 Å². The molecule has 0 spiro atoms. The fraction of sp³-hybridized carbons (Fsp3) is 0.467. The zero-order chi connectivity index (χ0) is 12.0. The fourth-order valence-corrected chi connectivity index (χ4v) is 1.67. The van der Waals surface area contributed by atoms with Crippen LogP contribution in [0, 0.1) is 0 Å². The third-order valence-electron chi connectivity index (χ3n) is 2.66. The van der Waals surface area contributed by atoms with Gasteiger partial charge < -0.3 is 5.32 Å². The minimum atomic E-state index is 0.594. The molecule has 0 aliphatic carbocycles. The summed E-state index contributed by atoms with van der Waals surface area (Å²) in [4.78, 5) is 0. The molecule has 1 heteroatoms. The topological polar surface area (TPSA) is 12.0 Å². The van der Waals surface area contributed by atoms with Crippen LogP contribution in [0.4, 0.5) is 0 Å². The van der Waals surface area contributed by atoms with E-state index in [4.69, 9.17) is 0 Å². The van der Waals surface area contributed by atoms with Crippen molar-refractivity contribution in [2.75, 3.05) is 6.54 Å². The molecule has 1 nitrogen and oxygen atoms in total. The molecule has 0 aliphatic rings. The van der Waals surface area contributed by atoms with E-state index in [1.807, 2.05) is 0 Å². The van der Waals surface area contributed by atoms with Crippen molar-refractivity contribution < 1.29 is 0 Å². The Kier molecular flexibility index (Phi) is 5.10. The van der Waals surface area contributed by atoms with Gasteiger partial charge in [0.25, 0.3) is 0 Å². The largest absolute Gasteiger partial charge is 0.389 e. The first-order valence-electron chi connectivity index (χ1n) is 6.14. The smallest absolute Gasteiger partial charge is 0.0141 e. The predicted molar refractivity (Wildman–Crippen MR) is 71.7 cm³/mol. The second-order valence-electron chi connectivity index (χ2n) is 4.61. The molecule has 0 heterocycles. The molecule has 0 radical (unpaired) electrons. The van der Waals surface area contributed by atoms with E-state index in [9.17, 15) is 0 Å². The summed E-state index contributed by atoms with van der Waals surface area (Å²) in [6.45, 7) is 11.7. The minimum Gasteiger partial charge on any atom is -0.389 e. The molecule has 0 saturated heterocycles. The zero-order valence-corrected chi connectivity index (χ0v) is 10.7. The second-order valence-corrected chi connectivity index (χ2v) is 4.61. The Balaban J connectivity index is 2.59. The molecule has 0 amide bonds. The van der Waals surface area contributed by atoms with Gasteiger partial charge >= 0.3 is 0 Å². The van der Waals surface area contributed by atoms with Gasteiger partial charge in [-0.15, -0.1) is 0 Å². The van der Waals surface area contributed by atoms with Crippen molar-refractivity contribution in [1.82, 2.24) is 5.32 Å². The van der Waals surface area contributed by atoms with Gasteiger partial charge in [0.1, 0.15) is 0 Å². The third-order valence-corrected chi connectivity index (χ3v) is 2.66. The molecule has 0 bridgehead atoms. The molecular formula is C15H23N. The Labute approximate surface area is 99.6 Å². The summed E-state index contributed by atoms with van der Waals surface area (Å²) in [6, 6.07) is 8.78.